The van der Waals surface area contributed by atoms with Crippen LogP contribution in [0.2, 0.25) is 5.02 Å². The Morgan fingerprint density at radius 2 is 2.00 bits per heavy atom. The van der Waals surface area contributed by atoms with E-state index in [0.29, 0.717) is 5.69 Å². The zero-order valence-electron chi connectivity index (χ0n) is 8.72. The lowest BCUT2D eigenvalue weighted by Crippen LogP contribution is -2.22. The molecular weight excluding hydrogens is 218 g/mol. The van der Waals surface area contributed by atoms with Gasteiger partial charge in [-0.3, -0.25) is 4.79 Å². The van der Waals surface area contributed by atoms with Gasteiger partial charge in [-0.1, -0.05) is 32.4 Å². The van der Waals surface area contributed by atoms with Crippen LogP contribution in [-0.2, 0) is 5.41 Å². The quantitative estimate of drug-likeness (QED) is 0.774. The van der Waals surface area contributed by atoms with Gasteiger partial charge in [0.15, 0.2) is 0 Å². The summed E-state index contributed by atoms with van der Waals surface area (Å²) in [5, 5.41) is 8.94. The normalized spacial score (nSPS) is 11.5. The fraction of sp³-hybridized carbons (Fsp3) is 0.400. The zero-order chi connectivity index (χ0) is 11.8. The van der Waals surface area contributed by atoms with Gasteiger partial charge in [0.25, 0.3) is 0 Å². The molecule has 0 radical (unpaired) electrons. The van der Waals surface area contributed by atoms with Crippen LogP contribution in [0.25, 0.3) is 0 Å². The highest BCUT2D eigenvalue weighted by Gasteiger charge is 2.23. The van der Waals surface area contributed by atoms with Crippen molar-refractivity contribution in [2.45, 2.75) is 26.2 Å². The molecular formula is C10H12ClNO3. The molecule has 82 valence electrons. The van der Waals surface area contributed by atoms with E-state index in [-0.39, 0.29) is 10.6 Å². The molecule has 0 aliphatic carbocycles. The second-order valence-corrected chi connectivity index (χ2v) is 4.67. The number of H-pyrrole nitrogens is 1. The van der Waals surface area contributed by atoms with E-state index in [1.54, 1.807) is 0 Å². The van der Waals surface area contributed by atoms with Gasteiger partial charge in [-0.25, -0.2) is 4.79 Å². The van der Waals surface area contributed by atoms with Gasteiger partial charge in [-0.05, 0) is 0 Å². The van der Waals surface area contributed by atoms with Gasteiger partial charge in [0, 0.05) is 17.2 Å². The van der Waals surface area contributed by atoms with E-state index >= 15 is 0 Å². The summed E-state index contributed by atoms with van der Waals surface area (Å²) in [7, 11) is 0. The maximum absolute atomic E-state index is 11.2. The van der Waals surface area contributed by atoms with Crippen molar-refractivity contribution >= 4 is 17.6 Å². The van der Waals surface area contributed by atoms with Crippen molar-refractivity contribution in [2.75, 3.05) is 0 Å². The van der Waals surface area contributed by atoms with Crippen LogP contribution in [0, 0.1) is 0 Å². The molecule has 4 nitrogen and oxygen atoms in total. The maximum Gasteiger partial charge on any atom is 0.337 e. The largest absolute Gasteiger partial charge is 0.478 e. The predicted octanol–water partition coefficient (Wildman–Crippen LogP) is 2.02. The van der Waals surface area contributed by atoms with Crippen molar-refractivity contribution in [2.24, 2.45) is 0 Å². The SMILES string of the molecule is CC(C)(C)c1[nH]c(=O)cc(C(=O)O)c1Cl. The lowest BCUT2D eigenvalue weighted by Gasteiger charge is -2.20. The topological polar surface area (TPSA) is 70.2 Å². The van der Waals surface area contributed by atoms with Crippen LogP contribution in [0.15, 0.2) is 10.9 Å². The number of aromatic nitrogens is 1. The second-order valence-electron chi connectivity index (χ2n) is 4.29. The molecule has 0 fully saturated rings. The van der Waals surface area contributed by atoms with E-state index in [1.807, 2.05) is 20.8 Å². The lowest BCUT2D eigenvalue weighted by atomic mass is 9.90. The van der Waals surface area contributed by atoms with Crippen LogP contribution in [0.4, 0.5) is 0 Å². The molecule has 0 bridgehead atoms. The lowest BCUT2D eigenvalue weighted by molar-refractivity contribution is 0.0696. The number of carbonyl (C=O) groups is 1. The monoisotopic (exact) mass is 229 g/mol. The van der Waals surface area contributed by atoms with Crippen LogP contribution in [0.3, 0.4) is 0 Å². The number of carboxylic acids is 1. The number of pyridine rings is 1. The minimum absolute atomic E-state index is 0.0922. The van der Waals surface area contributed by atoms with Crippen LogP contribution in [0.1, 0.15) is 36.8 Å². The summed E-state index contributed by atoms with van der Waals surface area (Å²) < 4.78 is 0. The molecule has 1 aromatic heterocycles. The molecule has 0 unspecified atom stereocenters. The summed E-state index contributed by atoms with van der Waals surface area (Å²) in [5.41, 5.74) is -0.581. The minimum atomic E-state index is -1.20. The molecule has 15 heavy (non-hydrogen) atoms. The number of nitrogens with one attached hydrogen (secondary N) is 1. The molecule has 1 aromatic rings. The van der Waals surface area contributed by atoms with Crippen LogP contribution >= 0.6 is 11.6 Å². The molecule has 5 heteroatoms. The van der Waals surface area contributed by atoms with E-state index in [0.717, 1.165) is 6.07 Å². The number of aromatic amines is 1. The average Bonchev–Trinajstić information content (AvgIpc) is 2.06. The van der Waals surface area contributed by atoms with Gasteiger partial charge in [0.2, 0.25) is 5.56 Å². The Hall–Kier alpha value is -1.29. The summed E-state index contributed by atoms with van der Waals surface area (Å²) >= 11 is 5.91. The van der Waals surface area contributed by atoms with Gasteiger partial charge in [-0.2, -0.15) is 0 Å². The molecule has 0 aliphatic rings. The molecule has 2 N–H and O–H groups in total. The Morgan fingerprint density at radius 1 is 1.47 bits per heavy atom. The third kappa shape index (κ3) is 2.39. The summed E-state index contributed by atoms with van der Waals surface area (Å²) in [6.07, 6.45) is 0. The maximum atomic E-state index is 11.2. The third-order valence-corrected chi connectivity index (χ3v) is 2.35. The second kappa shape index (κ2) is 3.70. The van der Waals surface area contributed by atoms with Crippen molar-refractivity contribution in [1.82, 2.24) is 4.98 Å². The molecule has 0 aliphatic heterocycles. The van der Waals surface area contributed by atoms with Gasteiger partial charge >= 0.3 is 5.97 Å². The van der Waals surface area contributed by atoms with Crippen molar-refractivity contribution in [1.29, 1.82) is 0 Å². The number of rotatable bonds is 1. The summed E-state index contributed by atoms with van der Waals surface area (Å²) in [5.74, 6) is -1.20. The number of halogens is 1. The van der Waals surface area contributed by atoms with E-state index in [2.05, 4.69) is 4.98 Å². The Morgan fingerprint density at radius 3 is 2.40 bits per heavy atom. The Bertz CT molecular complexity index is 457. The predicted molar refractivity (Wildman–Crippen MR) is 57.7 cm³/mol. The van der Waals surface area contributed by atoms with Gasteiger partial charge in [0.1, 0.15) is 0 Å². The molecule has 0 aromatic carbocycles. The first-order chi connectivity index (χ1) is 6.73. The van der Waals surface area contributed by atoms with Crippen molar-refractivity contribution in [3.8, 4) is 0 Å². The van der Waals surface area contributed by atoms with E-state index in [4.69, 9.17) is 16.7 Å². The van der Waals surface area contributed by atoms with Crippen molar-refractivity contribution in [3.63, 3.8) is 0 Å². The number of hydrogen-bond donors (Lipinski definition) is 2. The van der Waals surface area contributed by atoms with Crippen molar-refractivity contribution in [3.05, 3.63) is 32.7 Å². The van der Waals surface area contributed by atoms with Crippen molar-refractivity contribution < 1.29 is 9.90 Å². The Kier molecular flexibility index (Phi) is 2.90. The van der Waals surface area contributed by atoms with Crippen LogP contribution in [-0.4, -0.2) is 16.1 Å². The summed E-state index contributed by atoms with van der Waals surface area (Å²) in [6.45, 7) is 5.53. The average molecular weight is 230 g/mol. The van der Waals surface area contributed by atoms with Crippen LogP contribution in [0.5, 0.6) is 0 Å². The van der Waals surface area contributed by atoms with Gasteiger partial charge in [0.05, 0.1) is 10.6 Å². The number of carboxylic acid groups (broad SMARTS) is 1. The summed E-state index contributed by atoms with van der Waals surface area (Å²) in [6, 6.07) is 0.986. The minimum Gasteiger partial charge on any atom is -0.478 e. The van der Waals surface area contributed by atoms with E-state index < -0.39 is 16.9 Å². The first kappa shape index (κ1) is 11.8. The first-order valence-corrected chi connectivity index (χ1v) is 4.78. The smallest absolute Gasteiger partial charge is 0.337 e. The highest BCUT2D eigenvalue weighted by atomic mass is 35.5. The number of hydrogen-bond acceptors (Lipinski definition) is 2. The standard InChI is InChI=1S/C10H12ClNO3/c1-10(2,3)8-7(11)5(9(14)15)4-6(13)12-8/h4H,1-3H3,(H,12,13)(H,14,15). The van der Waals surface area contributed by atoms with E-state index in [9.17, 15) is 9.59 Å². The molecule has 0 atom stereocenters. The zero-order valence-corrected chi connectivity index (χ0v) is 9.47. The number of aromatic carboxylic acids is 1. The molecule has 0 spiro atoms. The third-order valence-electron chi connectivity index (χ3n) is 1.96. The first-order valence-electron chi connectivity index (χ1n) is 4.40. The fourth-order valence-corrected chi connectivity index (χ4v) is 1.68. The molecule has 1 heterocycles. The summed E-state index contributed by atoms with van der Waals surface area (Å²) in [4.78, 5) is 24.6. The molecule has 0 saturated carbocycles. The van der Waals surface area contributed by atoms with E-state index in [1.165, 1.54) is 0 Å². The molecule has 0 amide bonds. The Labute approximate surface area is 91.9 Å². The molecule has 0 saturated heterocycles. The van der Waals surface area contributed by atoms with Gasteiger partial charge < -0.3 is 10.1 Å². The molecule has 1 rings (SSSR count). The Balaban J connectivity index is 3.56. The highest BCUT2D eigenvalue weighted by molar-refractivity contribution is 6.34. The van der Waals surface area contributed by atoms with Crippen LogP contribution < -0.4 is 5.56 Å². The van der Waals surface area contributed by atoms with Gasteiger partial charge in [-0.15, -0.1) is 0 Å². The highest BCUT2D eigenvalue weighted by Crippen LogP contribution is 2.28. The fourth-order valence-electron chi connectivity index (χ4n) is 1.22.